The molecule has 0 bridgehead atoms. The van der Waals surface area contributed by atoms with E-state index in [4.69, 9.17) is 0 Å². The molecule has 1 fully saturated rings. The zero-order valence-corrected chi connectivity index (χ0v) is 9.22. The first-order valence-electron chi connectivity index (χ1n) is 5.85. The molecule has 0 radical (unpaired) electrons. The van der Waals surface area contributed by atoms with Crippen molar-refractivity contribution in [2.45, 2.75) is 25.7 Å². The zero-order valence-electron chi connectivity index (χ0n) is 9.22. The van der Waals surface area contributed by atoms with E-state index in [0.717, 1.165) is 25.9 Å². The first-order chi connectivity index (χ1) is 7.70. The number of aliphatic carboxylic acids is 1. The number of hydrogen-bond acceptors (Lipinski definition) is 3. The Morgan fingerprint density at radius 3 is 2.19 bits per heavy atom. The van der Waals surface area contributed by atoms with Crippen LogP contribution < -0.4 is 5.11 Å². The van der Waals surface area contributed by atoms with Gasteiger partial charge in [-0.05, 0) is 25.7 Å². The minimum absolute atomic E-state index is 0.00366. The molecule has 4 heteroatoms. The molecule has 16 heavy (non-hydrogen) atoms. The first-order valence-corrected chi connectivity index (χ1v) is 5.85. The molecular formula is C12H16NO3-. The Labute approximate surface area is 94.9 Å². The largest absolute Gasteiger partial charge is 0.550 e. The van der Waals surface area contributed by atoms with Crippen LogP contribution in [0.3, 0.4) is 0 Å². The highest BCUT2D eigenvalue weighted by Gasteiger charge is 2.33. The maximum absolute atomic E-state index is 12.1. The van der Waals surface area contributed by atoms with Crippen LogP contribution in [0.5, 0.6) is 0 Å². The molecule has 2 atom stereocenters. The molecule has 0 aromatic carbocycles. The summed E-state index contributed by atoms with van der Waals surface area (Å²) in [5.74, 6) is -2.15. The quantitative estimate of drug-likeness (QED) is 0.615. The van der Waals surface area contributed by atoms with E-state index >= 15 is 0 Å². The van der Waals surface area contributed by atoms with Crippen molar-refractivity contribution in [3.8, 4) is 0 Å². The molecule has 0 spiro atoms. The van der Waals surface area contributed by atoms with Crippen LogP contribution in [-0.2, 0) is 9.59 Å². The van der Waals surface area contributed by atoms with Crippen LogP contribution in [0.15, 0.2) is 12.2 Å². The number of nitrogens with zero attached hydrogens (tertiary/aromatic N) is 1. The maximum Gasteiger partial charge on any atom is 0.226 e. The molecule has 1 aliphatic heterocycles. The van der Waals surface area contributed by atoms with Gasteiger partial charge in [0.25, 0.3) is 0 Å². The van der Waals surface area contributed by atoms with Crippen LogP contribution >= 0.6 is 0 Å². The number of hydrogen-bond donors (Lipinski definition) is 0. The van der Waals surface area contributed by atoms with Crippen molar-refractivity contribution in [1.29, 1.82) is 0 Å². The average Bonchev–Trinajstić information content (AvgIpc) is 2.81. The highest BCUT2D eigenvalue weighted by molar-refractivity contribution is 5.85. The lowest BCUT2D eigenvalue weighted by molar-refractivity contribution is -0.313. The van der Waals surface area contributed by atoms with E-state index in [-0.39, 0.29) is 5.91 Å². The third kappa shape index (κ3) is 2.10. The summed E-state index contributed by atoms with van der Waals surface area (Å²) in [4.78, 5) is 24.9. The molecule has 4 nitrogen and oxygen atoms in total. The van der Waals surface area contributed by atoms with Gasteiger partial charge in [-0.2, -0.15) is 0 Å². The van der Waals surface area contributed by atoms with Crippen LogP contribution in [0.2, 0.25) is 0 Å². The predicted molar refractivity (Wildman–Crippen MR) is 56.2 cm³/mol. The molecule has 2 rings (SSSR count). The van der Waals surface area contributed by atoms with Gasteiger partial charge in [0.2, 0.25) is 5.91 Å². The Bertz CT molecular complexity index is 318. The number of amides is 1. The molecule has 0 aromatic heterocycles. The standard InChI is InChI=1S/C12H17NO3/c14-11(13-7-3-4-8-13)9-5-1-2-6-10(9)12(15)16/h1-2,9-10H,3-8H2,(H,15,16)/p-1/t9-,10-/m0/s1. The lowest BCUT2D eigenvalue weighted by atomic mass is 9.82. The Kier molecular flexibility index (Phi) is 3.27. The van der Waals surface area contributed by atoms with Gasteiger partial charge in [0.15, 0.2) is 0 Å². The van der Waals surface area contributed by atoms with E-state index in [1.54, 1.807) is 4.90 Å². The van der Waals surface area contributed by atoms with E-state index in [9.17, 15) is 14.7 Å². The van der Waals surface area contributed by atoms with Crippen LogP contribution in [-0.4, -0.2) is 29.9 Å². The summed E-state index contributed by atoms with van der Waals surface area (Å²) in [6, 6.07) is 0. The van der Waals surface area contributed by atoms with Gasteiger partial charge in [0.1, 0.15) is 0 Å². The lowest BCUT2D eigenvalue weighted by Gasteiger charge is -2.31. The van der Waals surface area contributed by atoms with E-state index < -0.39 is 17.8 Å². The normalized spacial score (nSPS) is 29.4. The van der Waals surface area contributed by atoms with Crippen molar-refractivity contribution in [1.82, 2.24) is 4.90 Å². The van der Waals surface area contributed by atoms with Crippen molar-refractivity contribution in [3.05, 3.63) is 12.2 Å². The molecular weight excluding hydrogens is 206 g/mol. The fourth-order valence-electron chi connectivity index (χ4n) is 2.52. The Morgan fingerprint density at radius 2 is 1.62 bits per heavy atom. The van der Waals surface area contributed by atoms with Crippen molar-refractivity contribution < 1.29 is 14.7 Å². The molecule has 1 amide bonds. The Morgan fingerprint density at radius 1 is 1.06 bits per heavy atom. The number of carbonyl (C=O) groups excluding carboxylic acids is 2. The second kappa shape index (κ2) is 4.68. The molecule has 2 aliphatic rings. The molecule has 0 unspecified atom stereocenters. The van der Waals surface area contributed by atoms with Gasteiger partial charge < -0.3 is 14.8 Å². The topological polar surface area (TPSA) is 60.4 Å². The summed E-state index contributed by atoms with van der Waals surface area (Å²) < 4.78 is 0. The summed E-state index contributed by atoms with van der Waals surface area (Å²) in [6.07, 6.45) is 6.75. The smallest absolute Gasteiger partial charge is 0.226 e. The maximum atomic E-state index is 12.1. The fourth-order valence-corrected chi connectivity index (χ4v) is 2.52. The molecule has 0 N–H and O–H groups in total. The Hall–Kier alpha value is -1.32. The second-order valence-electron chi connectivity index (χ2n) is 4.51. The van der Waals surface area contributed by atoms with E-state index in [1.165, 1.54) is 0 Å². The first kappa shape index (κ1) is 11.2. The van der Waals surface area contributed by atoms with Gasteiger partial charge in [-0.15, -0.1) is 0 Å². The van der Waals surface area contributed by atoms with Gasteiger partial charge >= 0.3 is 0 Å². The van der Waals surface area contributed by atoms with Gasteiger partial charge in [0, 0.05) is 30.9 Å². The molecule has 1 aliphatic carbocycles. The number of rotatable bonds is 2. The molecule has 1 heterocycles. The summed E-state index contributed by atoms with van der Waals surface area (Å²) in [5, 5.41) is 11.0. The SMILES string of the molecule is O=C([O-])[C@H]1CC=CC[C@@H]1C(=O)N1CCCC1. The summed E-state index contributed by atoms with van der Waals surface area (Å²) in [7, 11) is 0. The highest BCUT2D eigenvalue weighted by Crippen LogP contribution is 2.28. The summed E-state index contributed by atoms with van der Waals surface area (Å²) >= 11 is 0. The number of allylic oxidation sites excluding steroid dienone is 2. The highest BCUT2D eigenvalue weighted by atomic mass is 16.4. The average molecular weight is 222 g/mol. The van der Waals surface area contributed by atoms with E-state index in [1.807, 2.05) is 12.2 Å². The van der Waals surface area contributed by atoms with Crippen molar-refractivity contribution in [2.75, 3.05) is 13.1 Å². The number of carboxylic acid groups (broad SMARTS) is 1. The zero-order chi connectivity index (χ0) is 11.5. The lowest BCUT2D eigenvalue weighted by Crippen LogP contribution is -2.44. The van der Waals surface area contributed by atoms with Crippen LogP contribution in [0.25, 0.3) is 0 Å². The Balaban J connectivity index is 2.08. The number of carboxylic acids is 1. The fraction of sp³-hybridized carbons (Fsp3) is 0.667. The van der Waals surface area contributed by atoms with Crippen molar-refractivity contribution in [3.63, 3.8) is 0 Å². The third-order valence-corrected chi connectivity index (χ3v) is 3.47. The second-order valence-corrected chi connectivity index (χ2v) is 4.51. The monoisotopic (exact) mass is 222 g/mol. The minimum Gasteiger partial charge on any atom is -0.550 e. The van der Waals surface area contributed by atoms with Crippen LogP contribution in [0.1, 0.15) is 25.7 Å². The van der Waals surface area contributed by atoms with Crippen molar-refractivity contribution >= 4 is 11.9 Å². The van der Waals surface area contributed by atoms with E-state index in [0.29, 0.717) is 12.8 Å². The van der Waals surface area contributed by atoms with Crippen molar-refractivity contribution in [2.24, 2.45) is 11.8 Å². The van der Waals surface area contributed by atoms with Crippen LogP contribution in [0.4, 0.5) is 0 Å². The molecule has 0 aromatic rings. The van der Waals surface area contributed by atoms with Gasteiger partial charge in [-0.25, -0.2) is 0 Å². The third-order valence-electron chi connectivity index (χ3n) is 3.47. The van der Waals surface area contributed by atoms with Crippen LogP contribution in [0, 0.1) is 11.8 Å². The molecule has 0 saturated carbocycles. The molecule has 1 saturated heterocycles. The van der Waals surface area contributed by atoms with Gasteiger partial charge in [0.05, 0.1) is 0 Å². The molecule has 88 valence electrons. The summed E-state index contributed by atoms with van der Waals surface area (Å²) in [6.45, 7) is 1.55. The minimum atomic E-state index is -1.10. The van der Waals surface area contributed by atoms with Gasteiger partial charge in [-0.3, -0.25) is 4.79 Å². The van der Waals surface area contributed by atoms with E-state index in [2.05, 4.69) is 0 Å². The number of carbonyl (C=O) groups is 2. The van der Waals surface area contributed by atoms with Gasteiger partial charge in [-0.1, -0.05) is 12.2 Å². The predicted octanol–water partition coefficient (Wildman–Crippen LogP) is -0.0589. The summed E-state index contributed by atoms with van der Waals surface area (Å²) in [5.41, 5.74) is 0. The number of likely N-dealkylation sites (tertiary alicyclic amines) is 1.